The fourth-order valence-electron chi connectivity index (χ4n) is 5.20. The number of nitrogens with two attached hydrogens (primary N) is 1. The first-order chi connectivity index (χ1) is 12.9. The molecular formula is C22H31N3O2. The molecule has 1 saturated heterocycles. The Balaban J connectivity index is 1.39. The Morgan fingerprint density at radius 2 is 1.74 bits per heavy atom. The number of carbonyl (C=O) groups excluding carboxylic acids is 2. The summed E-state index contributed by atoms with van der Waals surface area (Å²) in [6.07, 6.45) is 7.26. The summed E-state index contributed by atoms with van der Waals surface area (Å²) in [5.41, 5.74) is 7.81. The molecule has 0 radical (unpaired) electrons. The van der Waals surface area contributed by atoms with Gasteiger partial charge in [0.15, 0.2) is 0 Å². The Bertz CT molecular complexity index is 740. The summed E-state index contributed by atoms with van der Waals surface area (Å²) in [5, 5.41) is 0. The van der Waals surface area contributed by atoms with Gasteiger partial charge in [0.05, 0.1) is 11.1 Å². The zero-order valence-electron chi connectivity index (χ0n) is 16.5. The van der Waals surface area contributed by atoms with Crippen LogP contribution in [0.4, 0.5) is 0 Å². The molecule has 1 aliphatic carbocycles. The van der Waals surface area contributed by atoms with Crippen molar-refractivity contribution in [3.8, 4) is 0 Å². The van der Waals surface area contributed by atoms with Crippen LogP contribution >= 0.6 is 0 Å². The Hall–Kier alpha value is -1.88. The van der Waals surface area contributed by atoms with Crippen molar-refractivity contribution < 1.29 is 9.59 Å². The molecule has 27 heavy (non-hydrogen) atoms. The van der Waals surface area contributed by atoms with E-state index in [0.29, 0.717) is 29.1 Å². The molecule has 1 aromatic carbocycles. The Kier molecular flexibility index (Phi) is 4.75. The second-order valence-corrected chi connectivity index (χ2v) is 9.30. The van der Waals surface area contributed by atoms with Gasteiger partial charge in [-0.15, -0.1) is 0 Å². The monoisotopic (exact) mass is 369 g/mol. The molecule has 4 rings (SSSR count). The number of carbonyl (C=O) groups is 2. The van der Waals surface area contributed by atoms with E-state index >= 15 is 0 Å². The van der Waals surface area contributed by atoms with Crippen molar-refractivity contribution in [2.24, 2.45) is 11.1 Å². The maximum Gasteiger partial charge on any atom is 0.255 e. The number of hydrogen-bond acceptors (Lipinski definition) is 3. The van der Waals surface area contributed by atoms with Gasteiger partial charge >= 0.3 is 0 Å². The summed E-state index contributed by atoms with van der Waals surface area (Å²) < 4.78 is 0. The van der Waals surface area contributed by atoms with Crippen molar-refractivity contribution >= 4 is 11.8 Å². The van der Waals surface area contributed by atoms with Crippen molar-refractivity contribution in [1.82, 2.24) is 9.80 Å². The number of amides is 2. The highest BCUT2D eigenvalue weighted by atomic mass is 16.2. The molecule has 2 aliphatic heterocycles. The van der Waals surface area contributed by atoms with E-state index in [-0.39, 0.29) is 11.9 Å². The van der Waals surface area contributed by atoms with Crippen LogP contribution in [0.2, 0.25) is 0 Å². The fraction of sp³-hybridized carbons (Fsp3) is 0.636. The summed E-state index contributed by atoms with van der Waals surface area (Å²) >= 11 is 0. The molecule has 0 spiro atoms. The first-order valence-corrected chi connectivity index (χ1v) is 10.3. The van der Waals surface area contributed by atoms with Crippen LogP contribution in [0.5, 0.6) is 0 Å². The van der Waals surface area contributed by atoms with Gasteiger partial charge < -0.3 is 15.5 Å². The largest absolute Gasteiger partial charge is 0.366 e. The van der Waals surface area contributed by atoms with Gasteiger partial charge in [0.25, 0.3) is 5.91 Å². The van der Waals surface area contributed by atoms with Crippen LogP contribution in [0.1, 0.15) is 78.7 Å². The Morgan fingerprint density at radius 3 is 2.37 bits per heavy atom. The number of hydrogen-bond donors (Lipinski definition) is 1. The molecule has 0 bridgehead atoms. The van der Waals surface area contributed by atoms with Crippen LogP contribution in [0.3, 0.4) is 0 Å². The SMILES string of the molecule is CC1(C)CCC(N2CCC(N3Cc4cccc(C(N)=O)c4C3=O)CC2)CC1. The smallest absolute Gasteiger partial charge is 0.255 e. The molecule has 2 N–H and O–H groups in total. The van der Waals surface area contributed by atoms with Crippen molar-refractivity contribution in [3.63, 3.8) is 0 Å². The summed E-state index contributed by atoms with van der Waals surface area (Å²) in [7, 11) is 0. The summed E-state index contributed by atoms with van der Waals surface area (Å²) in [4.78, 5) is 29.3. The number of piperidine rings is 1. The quantitative estimate of drug-likeness (QED) is 0.890. The predicted molar refractivity (Wildman–Crippen MR) is 105 cm³/mol. The van der Waals surface area contributed by atoms with Crippen LogP contribution in [0.15, 0.2) is 18.2 Å². The normalized spacial score (nSPS) is 24.2. The van der Waals surface area contributed by atoms with Gasteiger partial charge in [-0.2, -0.15) is 0 Å². The first kappa shape index (κ1) is 18.5. The van der Waals surface area contributed by atoms with E-state index in [1.807, 2.05) is 17.0 Å². The molecule has 0 atom stereocenters. The second-order valence-electron chi connectivity index (χ2n) is 9.30. The lowest BCUT2D eigenvalue weighted by Crippen LogP contribution is -2.49. The van der Waals surface area contributed by atoms with Gasteiger partial charge in [0.1, 0.15) is 0 Å². The van der Waals surface area contributed by atoms with Gasteiger partial charge in [0, 0.05) is 31.7 Å². The number of fused-ring (bicyclic) bond motifs is 1. The average molecular weight is 370 g/mol. The molecule has 2 heterocycles. The van der Waals surface area contributed by atoms with E-state index in [0.717, 1.165) is 31.5 Å². The predicted octanol–water partition coefficient (Wildman–Crippen LogP) is 3.17. The number of benzene rings is 1. The van der Waals surface area contributed by atoms with Crippen molar-refractivity contribution in [1.29, 1.82) is 0 Å². The van der Waals surface area contributed by atoms with E-state index in [1.54, 1.807) is 6.07 Å². The summed E-state index contributed by atoms with van der Waals surface area (Å²) in [6, 6.07) is 6.41. The second kappa shape index (κ2) is 6.93. The van der Waals surface area contributed by atoms with E-state index < -0.39 is 5.91 Å². The minimum absolute atomic E-state index is 0.0164. The van der Waals surface area contributed by atoms with Crippen LogP contribution in [0, 0.1) is 5.41 Å². The third-order valence-corrected chi connectivity index (χ3v) is 7.00. The zero-order valence-corrected chi connectivity index (χ0v) is 16.5. The first-order valence-electron chi connectivity index (χ1n) is 10.3. The lowest BCUT2D eigenvalue weighted by atomic mass is 9.75. The van der Waals surface area contributed by atoms with E-state index in [1.165, 1.54) is 25.7 Å². The molecule has 3 aliphatic rings. The van der Waals surface area contributed by atoms with Gasteiger partial charge in [-0.05, 0) is 55.6 Å². The molecular weight excluding hydrogens is 338 g/mol. The minimum atomic E-state index is -0.517. The van der Waals surface area contributed by atoms with Gasteiger partial charge in [-0.1, -0.05) is 26.0 Å². The van der Waals surface area contributed by atoms with Crippen molar-refractivity contribution in [2.45, 2.75) is 71.0 Å². The Labute approximate surface area is 161 Å². The highest BCUT2D eigenvalue weighted by molar-refractivity contribution is 6.09. The fourth-order valence-corrected chi connectivity index (χ4v) is 5.20. The van der Waals surface area contributed by atoms with Crippen LogP contribution in [0.25, 0.3) is 0 Å². The molecule has 1 aromatic rings. The van der Waals surface area contributed by atoms with Crippen molar-refractivity contribution in [2.75, 3.05) is 13.1 Å². The molecule has 0 aromatic heterocycles. The lowest BCUT2D eigenvalue weighted by molar-refractivity contribution is 0.0434. The van der Waals surface area contributed by atoms with Gasteiger partial charge in [-0.25, -0.2) is 0 Å². The van der Waals surface area contributed by atoms with Gasteiger partial charge in [0.2, 0.25) is 5.91 Å². The number of nitrogens with zero attached hydrogens (tertiary/aromatic N) is 2. The third kappa shape index (κ3) is 3.49. The Morgan fingerprint density at radius 1 is 1.07 bits per heavy atom. The van der Waals surface area contributed by atoms with Crippen LogP contribution in [-0.4, -0.2) is 46.8 Å². The standard InChI is InChI=1S/C22H31N3O2/c1-22(2)10-6-16(7-11-22)24-12-8-17(9-13-24)25-14-15-4-3-5-18(20(23)26)19(15)21(25)27/h3-5,16-17H,6-14H2,1-2H3,(H2,23,26). The number of primary amides is 1. The molecule has 2 fully saturated rings. The molecule has 146 valence electrons. The molecule has 2 amide bonds. The number of rotatable bonds is 3. The summed E-state index contributed by atoms with van der Waals surface area (Å²) in [6.45, 7) is 7.51. The molecule has 5 nitrogen and oxygen atoms in total. The maximum atomic E-state index is 13.0. The molecule has 5 heteroatoms. The topological polar surface area (TPSA) is 66.6 Å². The minimum Gasteiger partial charge on any atom is -0.366 e. The van der Waals surface area contributed by atoms with Crippen LogP contribution < -0.4 is 5.73 Å². The third-order valence-electron chi connectivity index (χ3n) is 7.00. The average Bonchev–Trinajstić information content (AvgIpc) is 2.99. The summed E-state index contributed by atoms with van der Waals surface area (Å²) in [5.74, 6) is -0.533. The zero-order chi connectivity index (χ0) is 19.2. The highest BCUT2D eigenvalue weighted by Gasteiger charge is 2.38. The molecule has 0 unspecified atom stereocenters. The number of likely N-dealkylation sites (tertiary alicyclic amines) is 1. The van der Waals surface area contributed by atoms with E-state index in [4.69, 9.17) is 5.73 Å². The maximum absolute atomic E-state index is 13.0. The molecule has 1 saturated carbocycles. The van der Waals surface area contributed by atoms with E-state index in [9.17, 15) is 9.59 Å². The highest BCUT2D eigenvalue weighted by Crippen LogP contribution is 2.38. The van der Waals surface area contributed by atoms with Crippen LogP contribution in [-0.2, 0) is 6.54 Å². The van der Waals surface area contributed by atoms with Gasteiger partial charge in [-0.3, -0.25) is 9.59 Å². The van der Waals surface area contributed by atoms with E-state index in [2.05, 4.69) is 18.7 Å². The van der Waals surface area contributed by atoms with Crippen molar-refractivity contribution in [3.05, 3.63) is 34.9 Å². The lowest BCUT2D eigenvalue weighted by Gasteiger charge is -2.44.